The summed E-state index contributed by atoms with van der Waals surface area (Å²) < 4.78 is 39.7. The molecule has 4 heterocycles. The molecule has 1 fully saturated rings. The molecule has 0 atom stereocenters. The van der Waals surface area contributed by atoms with Gasteiger partial charge in [0, 0.05) is 36.8 Å². The normalized spacial score (nSPS) is 16.9. The minimum Gasteiger partial charge on any atom is -0.334 e. The van der Waals surface area contributed by atoms with Gasteiger partial charge in [0.2, 0.25) is 0 Å². The molecule has 4 aromatic rings. The van der Waals surface area contributed by atoms with Gasteiger partial charge in [0.25, 0.3) is 0 Å². The predicted molar refractivity (Wildman–Crippen MR) is 161 cm³/mol. The molecule has 1 saturated heterocycles. The second kappa shape index (κ2) is 11.3. The first-order valence-electron chi connectivity index (χ1n) is 13.7. The number of fused-ring (bicyclic) bond motifs is 4. The Morgan fingerprint density at radius 3 is 2.62 bits per heavy atom. The highest BCUT2D eigenvalue weighted by Gasteiger charge is 2.48. The topological polar surface area (TPSA) is 61.4 Å². The van der Waals surface area contributed by atoms with Gasteiger partial charge in [0.1, 0.15) is 5.15 Å². The maximum Gasteiger partial charge on any atom is 0.416 e. The molecule has 0 bridgehead atoms. The minimum absolute atomic E-state index is 0.158. The lowest BCUT2D eigenvalue weighted by Crippen LogP contribution is -2.47. The second-order valence-electron chi connectivity index (χ2n) is 10.9. The quantitative estimate of drug-likeness (QED) is 0.238. The number of pyridine rings is 1. The first-order valence-corrected chi connectivity index (χ1v) is 14.9. The molecule has 6 nitrogen and oxygen atoms in total. The number of rotatable bonds is 5. The van der Waals surface area contributed by atoms with Gasteiger partial charge in [-0.3, -0.25) is 9.80 Å². The Labute approximate surface area is 250 Å². The smallest absolute Gasteiger partial charge is 0.334 e. The van der Waals surface area contributed by atoms with Crippen LogP contribution in [0.15, 0.2) is 60.8 Å². The van der Waals surface area contributed by atoms with E-state index in [0.717, 1.165) is 75.7 Å². The number of amides is 2. The molecule has 0 radical (unpaired) electrons. The van der Waals surface area contributed by atoms with Gasteiger partial charge in [-0.15, -0.1) is 11.3 Å². The van der Waals surface area contributed by atoms with E-state index in [9.17, 15) is 18.0 Å². The van der Waals surface area contributed by atoms with Crippen LogP contribution in [-0.2, 0) is 18.1 Å². The summed E-state index contributed by atoms with van der Waals surface area (Å²) >= 11 is 7.68. The number of hydrogen-bond donors (Lipinski definition) is 1. The molecule has 1 N–H and O–H groups in total. The highest BCUT2D eigenvalue weighted by atomic mass is 35.5. The fourth-order valence-electron chi connectivity index (χ4n) is 6.01. The van der Waals surface area contributed by atoms with Crippen LogP contribution >= 0.6 is 22.9 Å². The van der Waals surface area contributed by atoms with Crippen molar-refractivity contribution in [1.82, 2.24) is 20.2 Å². The molecule has 2 aromatic heterocycles. The molecule has 42 heavy (non-hydrogen) atoms. The number of thiazole rings is 1. The summed E-state index contributed by atoms with van der Waals surface area (Å²) in [5.41, 5.74) is 3.81. The zero-order chi connectivity index (χ0) is 29.5. The molecule has 11 heteroatoms. The molecular weight excluding hydrogens is 583 g/mol. The Morgan fingerprint density at radius 1 is 1.14 bits per heavy atom. The lowest BCUT2D eigenvalue weighted by molar-refractivity contribution is -0.137. The molecule has 1 spiro atoms. The number of halogens is 4. The first-order chi connectivity index (χ1) is 20.1. The maximum absolute atomic E-state index is 13.5. The molecular formula is C31H29ClF3N5OS. The van der Waals surface area contributed by atoms with Crippen LogP contribution < -0.4 is 10.2 Å². The van der Waals surface area contributed by atoms with Crippen molar-refractivity contribution in [3.63, 3.8) is 0 Å². The monoisotopic (exact) mass is 611 g/mol. The Kier molecular flexibility index (Phi) is 7.72. The summed E-state index contributed by atoms with van der Waals surface area (Å²) in [6, 6.07) is 12.7. The average molecular weight is 612 g/mol. The van der Waals surface area contributed by atoms with Gasteiger partial charge < -0.3 is 5.32 Å². The molecule has 0 unspecified atom stereocenters. The standard InChI is InChI=1S/C31H29ClF3N5OS/c1-20-38-28-25(42-20)9-8-24-27(28)30(19-40(24)29(41)37-18-22-10-13-36-26(32)17-22)11-15-39(16-12-30)14-2-3-21-4-6-23(7-5-21)31(33,34)35/h2-10,13,17H,11-12,14-16,18-19H2,1H3,(H,37,41)/b3-2+. The van der Waals surface area contributed by atoms with Gasteiger partial charge >= 0.3 is 12.2 Å². The summed E-state index contributed by atoms with van der Waals surface area (Å²) in [7, 11) is 0. The summed E-state index contributed by atoms with van der Waals surface area (Å²) in [5.74, 6) is 0. The number of carbonyl (C=O) groups excluding carboxylic acids is 1. The number of anilines is 1. The van der Waals surface area contributed by atoms with Crippen molar-refractivity contribution in [1.29, 1.82) is 0 Å². The summed E-state index contributed by atoms with van der Waals surface area (Å²) in [6.45, 7) is 5.30. The average Bonchev–Trinajstić information content (AvgIpc) is 3.50. The number of nitrogens with one attached hydrogen (secondary N) is 1. The van der Waals surface area contributed by atoms with E-state index >= 15 is 0 Å². The number of benzene rings is 2. The Bertz CT molecular complexity index is 1640. The minimum atomic E-state index is -4.34. The van der Waals surface area contributed by atoms with Gasteiger partial charge in [-0.1, -0.05) is 35.9 Å². The number of aryl methyl sites for hydroxylation is 1. The SMILES string of the molecule is Cc1nc2c3c(ccc2s1)N(C(=O)NCc1ccnc(Cl)c1)CC31CCN(C/C=C/c2ccc(C(F)(F)F)cc2)CC1. The fourth-order valence-corrected chi connectivity index (χ4v) is 7.04. The number of hydrogen-bond acceptors (Lipinski definition) is 5. The third-order valence-corrected chi connectivity index (χ3v) is 9.28. The lowest BCUT2D eigenvalue weighted by Gasteiger charge is -2.39. The lowest BCUT2D eigenvalue weighted by atomic mass is 9.74. The van der Waals surface area contributed by atoms with E-state index in [2.05, 4.69) is 21.3 Å². The van der Waals surface area contributed by atoms with Crippen molar-refractivity contribution >= 4 is 50.9 Å². The molecule has 2 amide bonds. The van der Waals surface area contributed by atoms with Crippen LogP contribution in [0.5, 0.6) is 0 Å². The number of urea groups is 1. The van der Waals surface area contributed by atoms with E-state index in [1.54, 1.807) is 23.6 Å². The molecule has 6 rings (SSSR count). The van der Waals surface area contributed by atoms with Crippen molar-refractivity contribution in [2.45, 2.75) is 37.9 Å². The van der Waals surface area contributed by atoms with Crippen LogP contribution in [0, 0.1) is 6.92 Å². The van der Waals surface area contributed by atoms with Gasteiger partial charge in [-0.25, -0.2) is 14.8 Å². The zero-order valence-corrected chi connectivity index (χ0v) is 24.5. The van der Waals surface area contributed by atoms with Crippen LogP contribution in [0.2, 0.25) is 5.15 Å². The van der Waals surface area contributed by atoms with Crippen molar-refractivity contribution in [3.05, 3.63) is 93.2 Å². The van der Waals surface area contributed by atoms with E-state index < -0.39 is 11.7 Å². The van der Waals surface area contributed by atoms with Crippen LogP contribution in [0.4, 0.5) is 23.7 Å². The van der Waals surface area contributed by atoms with E-state index in [0.29, 0.717) is 24.8 Å². The fraction of sp³-hybridized carbons (Fsp3) is 0.323. The zero-order valence-electron chi connectivity index (χ0n) is 22.9. The van der Waals surface area contributed by atoms with E-state index in [4.69, 9.17) is 16.6 Å². The molecule has 0 aliphatic carbocycles. The maximum atomic E-state index is 13.5. The number of piperidine rings is 1. The number of nitrogens with zero attached hydrogens (tertiary/aromatic N) is 4. The third-order valence-electron chi connectivity index (χ3n) is 8.13. The number of carbonyl (C=O) groups is 1. The van der Waals surface area contributed by atoms with Crippen molar-refractivity contribution < 1.29 is 18.0 Å². The second-order valence-corrected chi connectivity index (χ2v) is 12.5. The summed E-state index contributed by atoms with van der Waals surface area (Å²) in [6.07, 6.45) is 2.88. The van der Waals surface area contributed by atoms with Crippen LogP contribution in [0.25, 0.3) is 16.3 Å². The van der Waals surface area contributed by atoms with Gasteiger partial charge in [-0.2, -0.15) is 13.2 Å². The van der Waals surface area contributed by atoms with Gasteiger partial charge in [-0.05, 0) is 80.4 Å². The van der Waals surface area contributed by atoms with Crippen LogP contribution in [0.3, 0.4) is 0 Å². The highest BCUT2D eigenvalue weighted by Crippen LogP contribution is 2.50. The number of aromatic nitrogens is 2. The summed E-state index contributed by atoms with van der Waals surface area (Å²) in [5, 5.41) is 4.43. The largest absolute Gasteiger partial charge is 0.416 e. The predicted octanol–water partition coefficient (Wildman–Crippen LogP) is 7.45. The van der Waals surface area contributed by atoms with E-state index in [1.807, 2.05) is 36.1 Å². The van der Waals surface area contributed by atoms with E-state index in [1.165, 1.54) is 12.1 Å². The molecule has 0 saturated carbocycles. The van der Waals surface area contributed by atoms with Crippen LogP contribution in [-0.4, -0.2) is 47.1 Å². The van der Waals surface area contributed by atoms with Crippen molar-refractivity contribution in [2.75, 3.05) is 31.1 Å². The highest BCUT2D eigenvalue weighted by molar-refractivity contribution is 7.18. The first kappa shape index (κ1) is 28.6. The molecule has 2 aliphatic rings. The van der Waals surface area contributed by atoms with E-state index in [-0.39, 0.29) is 11.4 Å². The van der Waals surface area contributed by atoms with Crippen molar-refractivity contribution in [2.24, 2.45) is 0 Å². The Morgan fingerprint density at radius 2 is 1.90 bits per heavy atom. The number of likely N-dealkylation sites (tertiary alicyclic amines) is 1. The summed E-state index contributed by atoms with van der Waals surface area (Å²) in [4.78, 5) is 26.6. The van der Waals surface area contributed by atoms with Crippen LogP contribution in [0.1, 0.15) is 40.1 Å². The number of alkyl halides is 3. The third kappa shape index (κ3) is 5.75. The molecule has 218 valence electrons. The van der Waals surface area contributed by atoms with Gasteiger partial charge in [0.05, 0.1) is 26.5 Å². The molecule has 2 aromatic carbocycles. The Hall–Kier alpha value is -3.47. The van der Waals surface area contributed by atoms with Gasteiger partial charge in [0.15, 0.2) is 0 Å². The molecule has 2 aliphatic heterocycles. The Balaban J connectivity index is 1.17. The van der Waals surface area contributed by atoms with Crippen molar-refractivity contribution in [3.8, 4) is 0 Å².